The van der Waals surface area contributed by atoms with E-state index >= 15 is 0 Å². The largest absolute Gasteiger partial charge is 0.310 e. The highest BCUT2D eigenvalue weighted by atomic mass is 35.5. The maximum atomic E-state index is 12.1. The summed E-state index contributed by atoms with van der Waals surface area (Å²) < 4.78 is 0. The van der Waals surface area contributed by atoms with Crippen molar-refractivity contribution in [2.75, 3.05) is 5.32 Å². The van der Waals surface area contributed by atoms with Crippen LogP contribution in [0.4, 0.5) is 5.82 Å². The van der Waals surface area contributed by atoms with Crippen LogP contribution >= 0.6 is 11.6 Å². The van der Waals surface area contributed by atoms with Crippen molar-refractivity contribution in [2.45, 2.75) is 12.3 Å². The molecule has 4 nitrogen and oxygen atoms in total. The molecule has 1 aromatic carbocycles. The minimum atomic E-state index is -0.0105. The van der Waals surface area contributed by atoms with Gasteiger partial charge < -0.3 is 5.32 Å². The zero-order chi connectivity index (χ0) is 13.2. The topological polar surface area (TPSA) is 54.9 Å². The first kappa shape index (κ1) is 12.1. The molecule has 0 saturated heterocycles. The van der Waals surface area contributed by atoms with E-state index < -0.39 is 0 Å². The lowest BCUT2D eigenvalue weighted by atomic mass is 10.1. The van der Waals surface area contributed by atoms with E-state index in [1.807, 2.05) is 18.2 Å². The third kappa shape index (κ3) is 2.74. The summed E-state index contributed by atoms with van der Waals surface area (Å²) in [6.07, 6.45) is 2.22. The number of benzene rings is 1. The number of anilines is 1. The van der Waals surface area contributed by atoms with Crippen molar-refractivity contribution < 1.29 is 4.79 Å². The molecule has 0 radical (unpaired) electrons. The average Bonchev–Trinajstić information content (AvgIpc) is 3.20. The zero-order valence-electron chi connectivity index (χ0n) is 10.1. The fourth-order valence-corrected chi connectivity index (χ4v) is 2.32. The van der Waals surface area contributed by atoms with Crippen molar-refractivity contribution in [3.8, 4) is 0 Å². The predicted octanol–water partition coefficient (Wildman–Crippen LogP) is 2.87. The lowest BCUT2D eigenvalue weighted by Gasteiger charge is -2.04. The molecular formula is C14H12ClN3O. The van der Waals surface area contributed by atoms with Crippen molar-refractivity contribution in [3.63, 3.8) is 0 Å². The van der Waals surface area contributed by atoms with Crippen molar-refractivity contribution in [1.82, 2.24) is 9.97 Å². The van der Waals surface area contributed by atoms with Crippen LogP contribution in [0, 0.1) is 5.92 Å². The second-order valence-corrected chi connectivity index (χ2v) is 4.96. The maximum absolute atomic E-state index is 12.1. The van der Waals surface area contributed by atoms with Crippen LogP contribution in [0.15, 0.2) is 42.7 Å². The molecule has 19 heavy (non-hydrogen) atoms. The van der Waals surface area contributed by atoms with Gasteiger partial charge in [-0.05, 0) is 17.9 Å². The van der Waals surface area contributed by atoms with E-state index in [0.717, 1.165) is 6.42 Å². The third-order valence-corrected chi connectivity index (χ3v) is 3.45. The number of carbonyl (C=O) groups excluding carboxylic acids is 1. The van der Waals surface area contributed by atoms with E-state index in [1.165, 1.54) is 11.9 Å². The van der Waals surface area contributed by atoms with E-state index in [-0.39, 0.29) is 11.8 Å². The Hall–Kier alpha value is -1.94. The summed E-state index contributed by atoms with van der Waals surface area (Å²) in [6.45, 7) is 0. The molecule has 1 aliphatic rings. The Balaban J connectivity index is 1.64. The zero-order valence-corrected chi connectivity index (χ0v) is 10.8. The Labute approximate surface area is 115 Å². The Morgan fingerprint density at radius 2 is 2.05 bits per heavy atom. The summed E-state index contributed by atoms with van der Waals surface area (Å²) in [5.41, 5.74) is 1.21. The van der Waals surface area contributed by atoms with Gasteiger partial charge in [0.05, 0.1) is 0 Å². The van der Waals surface area contributed by atoms with Crippen molar-refractivity contribution in [1.29, 1.82) is 0 Å². The molecule has 1 fully saturated rings. The fourth-order valence-electron chi connectivity index (χ4n) is 2.17. The molecule has 2 aromatic rings. The molecule has 1 heterocycles. The Morgan fingerprint density at radius 1 is 1.26 bits per heavy atom. The average molecular weight is 274 g/mol. The second-order valence-electron chi connectivity index (χ2n) is 4.57. The molecule has 1 aromatic heterocycles. The summed E-state index contributed by atoms with van der Waals surface area (Å²) in [7, 11) is 0. The van der Waals surface area contributed by atoms with Gasteiger partial charge in [0, 0.05) is 12.0 Å². The molecule has 1 saturated carbocycles. The molecule has 2 unspecified atom stereocenters. The third-order valence-electron chi connectivity index (χ3n) is 3.24. The van der Waals surface area contributed by atoms with Crippen molar-refractivity contribution in [2.24, 2.45) is 5.92 Å². The van der Waals surface area contributed by atoms with Gasteiger partial charge in [-0.2, -0.15) is 0 Å². The van der Waals surface area contributed by atoms with E-state index in [9.17, 15) is 4.79 Å². The van der Waals surface area contributed by atoms with Gasteiger partial charge in [-0.15, -0.1) is 0 Å². The van der Waals surface area contributed by atoms with E-state index in [1.54, 1.807) is 6.07 Å². The normalized spacial score (nSPS) is 20.9. The van der Waals surface area contributed by atoms with Gasteiger partial charge in [0.15, 0.2) is 0 Å². The standard InChI is InChI=1S/C14H12ClN3O/c15-12-7-13(17-8-16-12)18-14(19)11-6-10(11)9-4-2-1-3-5-9/h1-5,7-8,10-11H,6H2,(H,16,17,18,19). The molecule has 0 bridgehead atoms. The molecule has 5 heteroatoms. The van der Waals surface area contributed by atoms with Crippen LogP contribution < -0.4 is 5.32 Å². The number of halogens is 1. The first-order valence-corrected chi connectivity index (χ1v) is 6.45. The number of aromatic nitrogens is 2. The van der Waals surface area contributed by atoms with E-state index in [2.05, 4.69) is 27.4 Å². The van der Waals surface area contributed by atoms with Crippen LogP contribution in [-0.4, -0.2) is 15.9 Å². The molecule has 0 aliphatic heterocycles. The molecular weight excluding hydrogens is 262 g/mol. The number of rotatable bonds is 3. The monoisotopic (exact) mass is 273 g/mol. The number of amides is 1. The number of nitrogens with zero attached hydrogens (tertiary/aromatic N) is 2. The molecule has 1 aliphatic carbocycles. The number of carbonyl (C=O) groups is 1. The van der Waals surface area contributed by atoms with Crippen molar-refractivity contribution >= 4 is 23.3 Å². The van der Waals surface area contributed by atoms with Crippen molar-refractivity contribution in [3.05, 3.63) is 53.4 Å². The highest BCUT2D eigenvalue weighted by Gasteiger charge is 2.43. The molecule has 1 amide bonds. The first-order valence-electron chi connectivity index (χ1n) is 6.07. The van der Waals surface area contributed by atoms with E-state index in [0.29, 0.717) is 16.9 Å². The van der Waals surface area contributed by atoms with Gasteiger partial charge in [0.1, 0.15) is 17.3 Å². The summed E-state index contributed by atoms with van der Waals surface area (Å²) in [4.78, 5) is 19.8. The minimum absolute atomic E-state index is 0.0105. The van der Waals surface area contributed by atoms with Crippen LogP contribution in [0.5, 0.6) is 0 Å². The summed E-state index contributed by atoms with van der Waals surface area (Å²) in [6, 6.07) is 11.6. The first-order chi connectivity index (χ1) is 9.24. The molecule has 1 N–H and O–H groups in total. The number of hydrogen-bond donors (Lipinski definition) is 1. The Kier molecular flexibility index (Phi) is 3.17. The van der Waals surface area contributed by atoms with Crippen LogP contribution in [0.2, 0.25) is 5.15 Å². The lowest BCUT2D eigenvalue weighted by Crippen LogP contribution is -2.15. The fraction of sp³-hybridized carbons (Fsp3) is 0.214. The number of hydrogen-bond acceptors (Lipinski definition) is 3. The lowest BCUT2D eigenvalue weighted by molar-refractivity contribution is -0.117. The Morgan fingerprint density at radius 3 is 2.79 bits per heavy atom. The van der Waals surface area contributed by atoms with Gasteiger partial charge in [-0.1, -0.05) is 41.9 Å². The summed E-state index contributed by atoms with van der Waals surface area (Å²) in [5, 5.41) is 3.09. The van der Waals surface area contributed by atoms with Gasteiger partial charge in [0.2, 0.25) is 5.91 Å². The second kappa shape index (κ2) is 4.97. The smallest absolute Gasteiger partial charge is 0.229 e. The SMILES string of the molecule is O=C(Nc1cc(Cl)ncn1)C1CC1c1ccccc1. The molecule has 3 rings (SSSR count). The molecule has 96 valence electrons. The minimum Gasteiger partial charge on any atom is -0.310 e. The molecule has 0 spiro atoms. The van der Waals surface area contributed by atoms with Crippen LogP contribution in [-0.2, 0) is 4.79 Å². The summed E-state index contributed by atoms with van der Waals surface area (Å²) in [5.74, 6) is 0.780. The Bertz CT molecular complexity index is 603. The van der Waals surface area contributed by atoms with Gasteiger partial charge in [-0.25, -0.2) is 9.97 Å². The van der Waals surface area contributed by atoms with Gasteiger partial charge >= 0.3 is 0 Å². The van der Waals surface area contributed by atoms with E-state index in [4.69, 9.17) is 11.6 Å². The highest BCUT2D eigenvalue weighted by Crippen LogP contribution is 2.47. The predicted molar refractivity (Wildman–Crippen MR) is 73.0 cm³/mol. The van der Waals surface area contributed by atoms with Crippen LogP contribution in [0.1, 0.15) is 17.9 Å². The maximum Gasteiger partial charge on any atom is 0.229 e. The van der Waals surface area contributed by atoms with Crippen LogP contribution in [0.3, 0.4) is 0 Å². The quantitative estimate of drug-likeness (QED) is 0.875. The van der Waals surface area contributed by atoms with Crippen LogP contribution in [0.25, 0.3) is 0 Å². The summed E-state index contributed by atoms with van der Waals surface area (Å²) >= 11 is 5.75. The number of nitrogens with one attached hydrogen (secondary N) is 1. The highest BCUT2D eigenvalue weighted by molar-refractivity contribution is 6.29. The molecule has 2 atom stereocenters. The van der Waals surface area contributed by atoms with Gasteiger partial charge in [0.25, 0.3) is 0 Å². The van der Waals surface area contributed by atoms with Gasteiger partial charge in [-0.3, -0.25) is 4.79 Å².